The molecule has 0 aromatic carbocycles. The van der Waals surface area contributed by atoms with Gasteiger partial charge in [-0.05, 0) is 19.1 Å². The van der Waals surface area contributed by atoms with E-state index in [0.717, 1.165) is 5.76 Å². The Morgan fingerprint density at radius 2 is 2.29 bits per heavy atom. The Kier molecular flexibility index (Phi) is 3.25. The van der Waals surface area contributed by atoms with Gasteiger partial charge in [-0.15, -0.1) is 5.10 Å². The summed E-state index contributed by atoms with van der Waals surface area (Å²) in [5.41, 5.74) is 6.15. The van der Waals surface area contributed by atoms with Crippen LogP contribution in [-0.2, 0) is 0 Å². The second-order valence-corrected chi connectivity index (χ2v) is 3.27. The van der Waals surface area contributed by atoms with Crippen LogP contribution in [0.15, 0.2) is 45.3 Å². The average Bonchev–Trinajstić information content (AvgIpc) is 2.76. The van der Waals surface area contributed by atoms with Crippen molar-refractivity contribution in [2.24, 2.45) is 15.9 Å². The maximum absolute atomic E-state index is 5.67. The number of furan rings is 1. The van der Waals surface area contributed by atoms with Crippen LogP contribution in [0.2, 0.25) is 0 Å². The molecular weight excluding hydrogens is 218 g/mol. The van der Waals surface area contributed by atoms with Gasteiger partial charge in [0.05, 0.1) is 12.4 Å². The van der Waals surface area contributed by atoms with Crippen molar-refractivity contribution in [2.75, 3.05) is 0 Å². The lowest BCUT2D eigenvalue weighted by molar-refractivity contribution is 0.528. The third kappa shape index (κ3) is 2.97. The van der Waals surface area contributed by atoms with Crippen LogP contribution in [0.5, 0.6) is 0 Å². The zero-order valence-corrected chi connectivity index (χ0v) is 9.24. The molecule has 0 amide bonds. The molecule has 0 saturated carbocycles. The molecule has 6 nitrogen and oxygen atoms in total. The number of hydrogen-bond acceptors (Lipinski definition) is 5. The molecule has 2 N–H and O–H groups in total. The molecule has 0 aliphatic rings. The first-order chi connectivity index (χ1) is 8.25. The number of aryl methyl sites for hydroxylation is 1. The minimum atomic E-state index is 0.206. The zero-order chi connectivity index (χ0) is 12.1. The SMILES string of the molecule is Cc1ccc(C=NN=C(N)c2cnccn2)o1. The first-order valence-corrected chi connectivity index (χ1v) is 4.95. The van der Waals surface area contributed by atoms with E-state index in [4.69, 9.17) is 10.2 Å². The number of rotatable bonds is 3. The smallest absolute Gasteiger partial charge is 0.173 e. The predicted octanol–water partition coefficient (Wildman–Crippen LogP) is 1.12. The molecule has 0 atom stereocenters. The molecule has 0 saturated heterocycles. The summed E-state index contributed by atoms with van der Waals surface area (Å²) in [6, 6.07) is 3.64. The molecule has 0 aliphatic carbocycles. The van der Waals surface area contributed by atoms with Crippen molar-refractivity contribution < 1.29 is 4.42 Å². The molecule has 2 aromatic rings. The first-order valence-electron chi connectivity index (χ1n) is 4.95. The Labute approximate surface area is 97.9 Å². The summed E-state index contributed by atoms with van der Waals surface area (Å²) in [5.74, 6) is 1.65. The van der Waals surface area contributed by atoms with Crippen LogP contribution in [-0.4, -0.2) is 22.0 Å². The molecule has 86 valence electrons. The monoisotopic (exact) mass is 229 g/mol. The van der Waals surface area contributed by atoms with Crippen LogP contribution < -0.4 is 5.73 Å². The van der Waals surface area contributed by atoms with E-state index in [1.165, 1.54) is 18.6 Å². The van der Waals surface area contributed by atoms with Gasteiger partial charge in [-0.25, -0.2) is 4.98 Å². The zero-order valence-electron chi connectivity index (χ0n) is 9.24. The molecule has 0 unspecified atom stereocenters. The highest BCUT2D eigenvalue weighted by molar-refractivity contribution is 5.95. The number of amidine groups is 1. The van der Waals surface area contributed by atoms with Gasteiger partial charge in [0.2, 0.25) is 0 Å². The van der Waals surface area contributed by atoms with Gasteiger partial charge in [-0.2, -0.15) is 5.10 Å². The highest BCUT2D eigenvalue weighted by Gasteiger charge is 1.98. The van der Waals surface area contributed by atoms with Crippen molar-refractivity contribution in [1.29, 1.82) is 0 Å². The summed E-state index contributed by atoms with van der Waals surface area (Å²) in [6.45, 7) is 1.86. The first kappa shape index (κ1) is 11.0. The summed E-state index contributed by atoms with van der Waals surface area (Å²) in [4.78, 5) is 7.87. The summed E-state index contributed by atoms with van der Waals surface area (Å²) < 4.78 is 5.28. The third-order valence-electron chi connectivity index (χ3n) is 1.94. The van der Waals surface area contributed by atoms with Gasteiger partial charge in [0.1, 0.15) is 17.2 Å². The molecular formula is C11H11N5O. The van der Waals surface area contributed by atoms with E-state index in [-0.39, 0.29) is 5.84 Å². The lowest BCUT2D eigenvalue weighted by Gasteiger charge is -1.94. The van der Waals surface area contributed by atoms with Crippen molar-refractivity contribution in [3.8, 4) is 0 Å². The number of nitrogens with zero attached hydrogens (tertiary/aromatic N) is 4. The van der Waals surface area contributed by atoms with Gasteiger partial charge >= 0.3 is 0 Å². The number of nitrogens with two attached hydrogens (primary N) is 1. The van der Waals surface area contributed by atoms with E-state index in [0.29, 0.717) is 11.5 Å². The molecule has 6 heteroatoms. The van der Waals surface area contributed by atoms with Gasteiger partial charge in [0.25, 0.3) is 0 Å². The van der Waals surface area contributed by atoms with Crippen LogP contribution in [0.1, 0.15) is 17.2 Å². The van der Waals surface area contributed by atoms with Crippen LogP contribution >= 0.6 is 0 Å². The Morgan fingerprint density at radius 1 is 1.41 bits per heavy atom. The molecule has 0 spiro atoms. The van der Waals surface area contributed by atoms with Gasteiger partial charge in [0.15, 0.2) is 5.84 Å². The summed E-state index contributed by atoms with van der Waals surface area (Å²) in [6.07, 6.45) is 6.10. The number of aromatic nitrogens is 2. The molecule has 2 aromatic heterocycles. The minimum Gasteiger partial charge on any atom is -0.460 e. The highest BCUT2D eigenvalue weighted by Crippen LogP contribution is 2.03. The predicted molar refractivity (Wildman–Crippen MR) is 63.8 cm³/mol. The van der Waals surface area contributed by atoms with Crippen molar-refractivity contribution in [1.82, 2.24) is 9.97 Å². The van der Waals surface area contributed by atoms with Crippen molar-refractivity contribution in [3.63, 3.8) is 0 Å². The second-order valence-electron chi connectivity index (χ2n) is 3.27. The normalized spacial score (nSPS) is 12.2. The van der Waals surface area contributed by atoms with Crippen LogP contribution in [0, 0.1) is 6.92 Å². The van der Waals surface area contributed by atoms with Crippen LogP contribution in [0.25, 0.3) is 0 Å². The Morgan fingerprint density at radius 3 is 2.94 bits per heavy atom. The number of hydrogen-bond donors (Lipinski definition) is 1. The standard InChI is InChI=1S/C11H11N5O/c1-8-2-3-9(17-8)6-15-16-11(12)10-7-13-4-5-14-10/h2-7H,1H3,(H2,12,16). The van der Waals surface area contributed by atoms with Crippen molar-refractivity contribution >= 4 is 12.1 Å². The fraction of sp³-hybridized carbons (Fsp3) is 0.0909. The average molecular weight is 229 g/mol. The van der Waals surface area contributed by atoms with Gasteiger partial charge < -0.3 is 10.2 Å². The van der Waals surface area contributed by atoms with Gasteiger partial charge in [-0.1, -0.05) is 0 Å². The fourth-order valence-electron chi connectivity index (χ4n) is 1.15. The highest BCUT2D eigenvalue weighted by atomic mass is 16.3. The molecule has 0 aliphatic heterocycles. The van der Waals surface area contributed by atoms with E-state index in [9.17, 15) is 0 Å². The summed E-state index contributed by atoms with van der Waals surface area (Å²) in [7, 11) is 0. The van der Waals surface area contributed by atoms with Gasteiger partial charge in [0, 0.05) is 12.4 Å². The summed E-state index contributed by atoms with van der Waals surface area (Å²) >= 11 is 0. The van der Waals surface area contributed by atoms with E-state index in [1.54, 1.807) is 12.3 Å². The molecule has 0 radical (unpaired) electrons. The van der Waals surface area contributed by atoms with E-state index in [2.05, 4.69) is 20.2 Å². The maximum atomic E-state index is 5.67. The third-order valence-corrected chi connectivity index (χ3v) is 1.94. The van der Waals surface area contributed by atoms with Crippen molar-refractivity contribution in [3.05, 3.63) is 47.9 Å². The Bertz CT molecular complexity index is 544. The molecule has 2 rings (SSSR count). The summed E-state index contributed by atoms with van der Waals surface area (Å²) in [5, 5.41) is 7.61. The van der Waals surface area contributed by atoms with Crippen LogP contribution in [0.4, 0.5) is 0 Å². The second kappa shape index (κ2) is 5.02. The molecule has 17 heavy (non-hydrogen) atoms. The largest absolute Gasteiger partial charge is 0.460 e. The quantitative estimate of drug-likeness (QED) is 0.485. The van der Waals surface area contributed by atoms with E-state index < -0.39 is 0 Å². The van der Waals surface area contributed by atoms with Crippen LogP contribution in [0.3, 0.4) is 0 Å². The minimum absolute atomic E-state index is 0.206. The fourth-order valence-corrected chi connectivity index (χ4v) is 1.15. The topological polar surface area (TPSA) is 89.7 Å². The molecule has 0 bridgehead atoms. The van der Waals surface area contributed by atoms with Gasteiger partial charge in [-0.3, -0.25) is 4.98 Å². The lowest BCUT2D eigenvalue weighted by atomic mass is 10.4. The Hall–Kier alpha value is -2.50. The maximum Gasteiger partial charge on any atom is 0.173 e. The Balaban J connectivity index is 2.08. The molecule has 0 fully saturated rings. The molecule has 2 heterocycles. The van der Waals surface area contributed by atoms with Crippen molar-refractivity contribution in [2.45, 2.75) is 6.92 Å². The lowest BCUT2D eigenvalue weighted by Crippen LogP contribution is -2.14. The van der Waals surface area contributed by atoms with E-state index in [1.807, 2.05) is 13.0 Å². The van der Waals surface area contributed by atoms with E-state index >= 15 is 0 Å².